The van der Waals surface area contributed by atoms with Gasteiger partial charge in [-0.25, -0.2) is 0 Å². The maximum atomic E-state index is 5.12. The molecule has 0 N–H and O–H groups in total. The molecule has 1 unspecified atom stereocenters. The molecule has 2 aromatic carbocycles. The molecule has 0 saturated carbocycles. The van der Waals surface area contributed by atoms with Crippen molar-refractivity contribution in [2.45, 2.75) is 12.5 Å². The molecule has 24 heavy (non-hydrogen) atoms. The molecule has 1 atom stereocenters. The molecule has 116 valence electrons. The van der Waals surface area contributed by atoms with E-state index in [0.717, 1.165) is 34.5 Å². The summed E-state index contributed by atoms with van der Waals surface area (Å²) in [5, 5.41) is 0. The Morgan fingerprint density at radius 1 is 0.875 bits per heavy atom. The van der Waals surface area contributed by atoms with Gasteiger partial charge in [-0.1, -0.05) is 73.3 Å². The summed E-state index contributed by atoms with van der Waals surface area (Å²) in [5.41, 5.74) is 6.53. The molecular weight excluding hydrogens is 292 g/mol. The number of aromatic nitrogens is 1. The Bertz CT molecular complexity index is 854. The molecule has 0 amide bonds. The normalized spacial score (nSPS) is 15.8. The predicted octanol–water partition coefficient (Wildman–Crippen LogP) is 5.08. The van der Waals surface area contributed by atoms with E-state index in [1.165, 1.54) is 5.56 Å². The Morgan fingerprint density at radius 3 is 2.12 bits per heavy atom. The smallest absolute Gasteiger partial charge is 0.0818 e. The van der Waals surface area contributed by atoms with Crippen LogP contribution >= 0.6 is 0 Å². The summed E-state index contributed by atoms with van der Waals surface area (Å²) in [5.74, 6) is 0. The first-order chi connectivity index (χ1) is 11.8. The van der Waals surface area contributed by atoms with Gasteiger partial charge in [0.1, 0.15) is 0 Å². The van der Waals surface area contributed by atoms with Gasteiger partial charge < -0.3 is 0 Å². The van der Waals surface area contributed by atoms with E-state index in [1.807, 2.05) is 24.4 Å². The fourth-order valence-electron chi connectivity index (χ4n) is 3.20. The first-order valence-electron chi connectivity index (χ1n) is 8.14. The van der Waals surface area contributed by atoms with Crippen LogP contribution in [0.5, 0.6) is 0 Å². The van der Waals surface area contributed by atoms with E-state index >= 15 is 0 Å². The third-order valence-corrected chi connectivity index (χ3v) is 4.35. The summed E-state index contributed by atoms with van der Waals surface area (Å²) in [4.78, 5) is 9.60. The van der Waals surface area contributed by atoms with E-state index in [1.54, 1.807) is 0 Å². The second-order valence-electron chi connectivity index (χ2n) is 5.97. The highest BCUT2D eigenvalue weighted by molar-refractivity contribution is 6.13. The van der Waals surface area contributed by atoms with Crippen LogP contribution < -0.4 is 0 Å². The second kappa shape index (κ2) is 6.25. The average Bonchev–Trinajstić information content (AvgIpc) is 2.97. The minimum atomic E-state index is 0.0802. The number of benzene rings is 2. The molecule has 2 heteroatoms. The fourth-order valence-corrected chi connectivity index (χ4v) is 3.20. The molecule has 1 aromatic heterocycles. The fraction of sp³-hybridized carbons (Fsp3) is 0.0909. The van der Waals surface area contributed by atoms with Crippen LogP contribution in [0.2, 0.25) is 0 Å². The van der Waals surface area contributed by atoms with Gasteiger partial charge in [-0.3, -0.25) is 9.98 Å². The number of hydrogen-bond donors (Lipinski definition) is 0. The molecule has 0 saturated heterocycles. The summed E-state index contributed by atoms with van der Waals surface area (Å²) < 4.78 is 0. The lowest BCUT2D eigenvalue weighted by atomic mass is 10.0. The van der Waals surface area contributed by atoms with Gasteiger partial charge in [0.2, 0.25) is 0 Å². The van der Waals surface area contributed by atoms with Gasteiger partial charge in [0.05, 0.1) is 17.4 Å². The molecule has 1 heterocycles. The molecule has 0 aliphatic heterocycles. The summed E-state index contributed by atoms with van der Waals surface area (Å²) in [6.07, 6.45) is 2.65. The van der Waals surface area contributed by atoms with Crippen molar-refractivity contribution in [2.24, 2.45) is 4.99 Å². The summed E-state index contributed by atoms with van der Waals surface area (Å²) >= 11 is 0. The van der Waals surface area contributed by atoms with Gasteiger partial charge >= 0.3 is 0 Å². The largest absolute Gasteiger partial charge is 0.276 e. The molecule has 3 aromatic rings. The molecule has 0 bridgehead atoms. The van der Waals surface area contributed by atoms with E-state index < -0.39 is 0 Å². The lowest BCUT2D eigenvalue weighted by Gasteiger charge is -2.12. The lowest BCUT2D eigenvalue weighted by molar-refractivity contribution is 0.785. The van der Waals surface area contributed by atoms with Gasteiger partial charge in [-0.15, -0.1) is 0 Å². The van der Waals surface area contributed by atoms with E-state index in [9.17, 15) is 0 Å². The van der Waals surface area contributed by atoms with E-state index in [-0.39, 0.29) is 6.04 Å². The Labute approximate surface area is 142 Å². The highest BCUT2D eigenvalue weighted by Gasteiger charge is 2.26. The molecule has 1 aliphatic carbocycles. The number of aliphatic imine (C=N–C) groups is 1. The standard InChI is InChI=1S/C22H18N2/c1-16-15-20(19-13-8-14-23-21(16)19)24-22(17-9-4-2-5-10-17)18-11-6-3-7-12-18/h2-14,20H,1,15H2. The molecule has 0 radical (unpaired) electrons. The molecular formula is C22H18N2. The minimum Gasteiger partial charge on any atom is -0.276 e. The number of rotatable bonds is 3. The highest BCUT2D eigenvalue weighted by Crippen LogP contribution is 2.40. The van der Waals surface area contributed by atoms with Gasteiger partial charge in [0, 0.05) is 29.3 Å². The number of fused-ring (bicyclic) bond motifs is 1. The van der Waals surface area contributed by atoms with Crippen LogP contribution in [0.25, 0.3) is 5.57 Å². The van der Waals surface area contributed by atoms with Gasteiger partial charge in [0.25, 0.3) is 0 Å². The molecule has 0 fully saturated rings. The van der Waals surface area contributed by atoms with Crippen molar-refractivity contribution in [3.63, 3.8) is 0 Å². The number of hydrogen-bond acceptors (Lipinski definition) is 2. The Kier molecular flexibility index (Phi) is 3.80. The number of pyridine rings is 1. The molecule has 0 spiro atoms. The maximum Gasteiger partial charge on any atom is 0.0818 e. The maximum absolute atomic E-state index is 5.12. The molecule has 4 rings (SSSR count). The van der Waals surface area contributed by atoms with Crippen molar-refractivity contribution in [1.29, 1.82) is 0 Å². The third-order valence-electron chi connectivity index (χ3n) is 4.35. The first kappa shape index (κ1) is 14.6. The average molecular weight is 310 g/mol. The zero-order valence-electron chi connectivity index (χ0n) is 13.4. The number of nitrogens with zero attached hydrogens (tertiary/aromatic N) is 2. The summed E-state index contributed by atoms with van der Waals surface area (Å²) in [6, 6.07) is 24.9. The zero-order chi connectivity index (χ0) is 16.4. The monoisotopic (exact) mass is 310 g/mol. The lowest BCUT2D eigenvalue weighted by Crippen LogP contribution is -2.06. The quantitative estimate of drug-likeness (QED) is 0.619. The highest BCUT2D eigenvalue weighted by atomic mass is 14.8. The topological polar surface area (TPSA) is 25.2 Å². The van der Waals surface area contributed by atoms with Crippen molar-refractivity contribution in [1.82, 2.24) is 4.98 Å². The molecule has 2 nitrogen and oxygen atoms in total. The second-order valence-corrected chi connectivity index (χ2v) is 5.97. The summed E-state index contributed by atoms with van der Waals surface area (Å²) in [7, 11) is 0. The van der Waals surface area contributed by atoms with Crippen LogP contribution in [-0.2, 0) is 0 Å². The first-order valence-corrected chi connectivity index (χ1v) is 8.14. The Hall–Kier alpha value is -3.00. The Morgan fingerprint density at radius 2 is 1.50 bits per heavy atom. The van der Waals surface area contributed by atoms with E-state index in [0.29, 0.717) is 0 Å². The van der Waals surface area contributed by atoms with Gasteiger partial charge in [-0.2, -0.15) is 0 Å². The SMILES string of the molecule is C=C1CC(N=C(c2ccccc2)c2ccccc2)c2cccnc21. The van der Waals surface area contributed by atoms with Crippen LogP contribution in [0, 0.1) is 0 Å². The van der Waals surface area contributed by atoms with E-state index in [2.05, 4.69) is 66.2 Å². The van der Waals surface area contributed by atoms with Crippen molar-refractivity contribution < 1.29 is 0 Å². The van der Waals surface area contributed by atoms with E-state index in [4.69, 9.17) is 4.99 Å². The van der Waals surface area contributed by atoms with Crippen molar-refractivity contribution >= 4 is 11.3 Å². The van der Waals surface area contributed by atoms with Gasteiger partial charge in [-0.05, 0) is 11.6 Å². The van der Waals surface area contributed by atoms with Crippen molar-refractivity contribution in [3.05, 3.63) is 108 Å². The van der Waals surface area contributed by atoms with Crippen molar-refractivity contribution in [3.8, 4) is 0 Å². The van der Waals surface area contributed by atoms with Crippen LogP contribution in [0.4, 0.5) is 0 Å². The van der Waals surface area contributed by atoms with Crippen LogP contribution in [0.15, 0.2) is 90.6 Å². The minimum absolute atomic E-state index is 0.0802. The van der Waals surface area contributed by atoms with Crippen LogP contribution in [0.3, 0.4) is 0 Å². The third kappa shape index (κ3) is 2.67. The molecule has 1 aliphatic rings. The van der Waals surface area contributed by atoms with Gasteiger partial charge in [0.15, 0.2) is 0 Å². The van der Waals surface area contributed by atoms with Crippen molar-refractivity contribution in [2.75, 3.05) is 0 Å². The zero-order valence-corrected chi connectivity index (χ0v) is 13.4. The summed E-state index contributed by atoms with van der Waals surface area (Å²) in [6.45, 7) is 4.17. The predicted molar refractivity (Wildman–Crippen MR) is 99.2 cm³/mol. The van der Waals surface area contributed by atoms with Crippen LogP contribution in [-0.4, -0.2) is 10.7 Å². The Balaban J connectivity index is 1.83. The van der Waals surface area contributed by atoms with Crippen LogP contribution in [0.1, 0.15) is 34.8 Å².